The Morgan fingerprint density at radius 2 is 1.57 bits per heavy atom. The van der Waals surface area contributed by atoms with Crippen LogP contribution in [0.15, 0.2) is 12.4 Å². The van der Waals surface area contributed by atoms with Gasteiger partial charge in [0.1, 0.15) is 0 Å². The molecular formula is C18H33N3. The molecule has 0 saturated heterocycles. The molecule has 0 aliphatic heterocycles. The summed E-state index contributed by atoms with van der Waals surface area (Å²) in [6.45, 7) is 13.4. The van der Waals surface area contributed by atoms with Crippen molar-refractivity contribution in [1.82, 2.24) is 9.97 Å². The molecular weight excluding hydrogens is 258 g/mol. The number of aromatic nitrogens is 2. The number of aryl methyl sites for hydroxylation is 1. The summed E-state index contributed by atoms with van der Waals surface area (Å²) < 4.78 is 0. The maximum Gasteiger partial charge on any atom is 0.225 e. The second-order valence-electron chi connectivity index (χ2n) is 7.15. The molecule has 3 nitrogen and oxygen atoms in total. The molecule has 1 aromatic heterocycles. The molecule has 0 saturated carbocycles. The fourth-order valence-electron chi connectivity index (χ4n) is 2.15. The first-order valence-electron chi connectivity index (χ1n) is 8.52. The summed E-state index contributed by atoms with van der Waals surface area (Å²) in [6.07, 6.45) is 11.1. The number of rotatable bonds is 9. The Bertz CT molecular complexity index is 378. The van der Waals surface area contributed by atoms with E-state index in [1.165, 1.54) is 31.2 Å². The Hall–Kier alpha value is -1.12. The minimum Gasteiger partial charge on any atom is -0.341 e. The van der Waals surface area contributed by atoms with Crippen molar-refractivity contribution in [3.8, 4) is 0 Å². The van der Waals surface area contributed by atoms with Gasteiger partial charge in [0.15, 0.2) is 0 Å². The summed E-state index contributed by atoms with van der Waals surface area (Å²) in [4.78, 5) is 11.5. The maximum absolute atomic E-state index is 4.60. The van der Waals surface area contributed by atoms with E-state index in [1.54, 1.807) is 0 Å². The molecule has 1 heterocycles. The Balaban J connectivity index is 2.67. The summed E-state index contributed by atoms with van der Waals surface area (Å²) in [5.74, 6) is 0.896. The van der Waals surface area contributed by atoms with Crippen molar-refractivity contribution >= 4 is 5.95 Å². The fraction of sp³-hybridized carbons (Fsp3) is 0.778. The summed E-state index contributed by atoms with van der Waals surface area (Å²) >= 11 is 0. The van der Waals surface area contributed by atoms with E-state index in [0.717, 1.165) is 31.9 Å². The lowest BCUT2D eigenvalue weighted by atomic mass is 9.92. The van der Waals surface area contributed by atoms with Gasteiger partial charge < -0.3 is 4.90 Å². The van der Waals surface area contributed by atoms with Crippen LogP contribution in [0.4, 0.5) is 5.95 Å². The van der Waals surface area contributed by atoms with Gasteiger partial charge in [0, 0.05) is 25.5 Å². The average Bonchev–Trinajstić information content (AvgIpc) is 2.45. The molecule has 1 aromatic rings. The molecule has 0 N–H and O–H groups in total. The first kappa shape index (κ1) is 17.9. The van der Waals surface area contributed by atoms with Gasteiger partial charge in [-0.3, -0.25) is 0 Å². The number of anilines is 1. The molecule has 0 atom stereocenters. The van der Waals surface area contributed by atoms with Crippen LogP contribution in [-0.4, -0.2) is 23.1 Å². The molecule has 0 aliphatic rings. The molecule has 0 aromatic carbocycles. The highest BCUT2D eigenvalue weighted by atomic mass is 15.2. The molecule has 3 heteroatoms. The number of hydrogen-bond acceptors (Lipinski definition) is 3. The Morgan fingerprint density at radius 1 is 0.952 bits per heavy atom. The van der Waals surface area contributed by atoms with E-state index in [4.69, 9.17) is 0 Å². The van der Waals surface area contributed by atoms with Gasteiger partial charge in [0.2, 0.25) is 5.95 Å². The van der Waals surface area contributed by atoms with Crippen LogP contribution in [0.5, 0.6) is 0 Å². The van der Waals surface area contributed by atoms with E-state index in [0.29, 0.717) is 5.41 Å². The Kier molecular flexibility index (Phi) is 7.69. The van der Waals surface area contributed by atoms with Gasteiger partial charge in [-0.05, 0) is 36.7 Å². The van der Waals surface area contributed by atoms with Crippen molar-refractivity contribution < 1.29 is 0 Å². The predicted octanol–water partition coefficient (Wildman–Crippen LogP) is 4.86. The molecule has 0 amide bonds. The van der Waals surface area contributed by atoms with Crippen LogP contribution in [-0.2, 0) is 6.42 Å². The minimum atomic E-state index is 0.353. The zero-order chi connectivity index (χ0) is 15.7. The first-order chi connectivity index (χ1) is 9.96. The van der Waals surface area contributed by atoms with Crippen molar-refractivity contribution in [2.24, 2.45) is 5.41 Å². The van der Waals surface area contributed by atoms with Gasteiger partial charge in [-0.1, -0.05) is 47.5 Å². The summed E-state index contributed by atoms with van der Waals surface area (Å²) in [6, 6.07) is 0. The van der Waals surface area contributed by atoms with E-state index in [9.17, 15) is 0 Å². The van der Waals surface area contributed by atoms with Crippen LogP contribution in [0.1, 0.15) is 72.3 Å². The lowest BCUT2D eigenvalue weighted by Crippen LogP contribution is -2.30. The maximum atomic E-state index is 4.60. The monoisotopic (exact) mass is 291 g/mol. The van der Waals surface area contributed by atoms with Crippen LogP contribution in [0.3, 0.4) is 0 Å². The summed E-state index contributed by atoms with van der Waals surface area (Å²) in [5.41, 5.74) is 1.61. The molecule has 0 aliphatic carbocycles. The van der Waals surface area contributed by atoms with Gasteiger partial charge in [0.05, 0.1) is 0 Å². The molecule has 0 radical (unpaired) electrons. The van der Waals surface area contributed by atoms with Crippen molar-refractivity contribution in [3.63, 3.8) is 0 Å². The van der Waals surface area contributed by atoms with Crippen LogP contribution < -0.4 is 4.90 Å². The van der Waals surface area contributed by atoms with E-state index in [-0.39, 0.29) is 0 Å². The quantitative estimate of drug-likeness (QED) is 0.650. The highest BCUT2D eigenvalue weighted by Gasteiger charge is 2.15. The predicted molar refractivity (Wildman–Crippen MR) is 91.8 cm³/mol. The highest BCUT2D eigenvalue weighted by molar-refractivity contribution is 5.29. The van der Waals surface area contributed by atoms with Crippen molar-refractivity contribution in [1.29, 1.82) is 0 Å². The Labute approximate surface area is 131 Å². The van der Waals surface area contributed by atoms with E-state index in [1.807, 2.05) is 12.4 Å². The topological polar surface area (TPSA) is 29.0 Å². The van der Waals surface area contributed by atoms with Crippen LogP contribution >= 0.6 is 0 Å². The zero-order valence-electron chi connectivity index (χ0n) is 14.7. The van der Waals surface area contributed by atoms with Gasteiger partial charge in [-0.2, -0.15) is 0 Å². The summed E-state index contributed by atoms with van der Waals surface area (Å²) in [7, 11) is 0. The van der Waals surface area contributed by atoms with Gasteiger partial charge >= 0.3 is 0 Å². The van der Waals surface area contributed by atoms with Gasteiger partial charge in [0.25, 0.3) is 0 Å². The first-order valence-corrected chi connectivity index (χ1v) is 8.52. The molecule has 1 rings (SSSR count). The van der Waals surface area contributed by atoms with E-state index in [2.05, 4.69) is 49.5 Å². The smallest absolute Gasteiger partial charge is 0.225 e. The third-order valence-corrected chi connectivity index (χ3v) is 3.71. The van der Waals surface area contributed by atoms with Crippen molar-refractivity contribution in [2.75, 3.05) is 18.0 Å². The molecule has 0 spiro atoms. The van der Waals surface area contributed by atoms with E-state index >= 15 is 0 Å². The van der Waals surface area contributed by atoms with Gasteiger partial charge in [-0.25, -0.2) is 9.97 Å². The lowest BCUT2D eigenvalue weighted by Gasteiger charge is -2.27. The second kappa shape index (κ2) is 9.01. The average molecular weight is 291 g/mol. The van der Waals surface area contributed by atoms with Crippen LogP contribution in [0.2, 0.25) is 0 Å². The largest absolute Gasteiger partial charge is 0.341 e. The second-order valence-corrected chi connectivity index (χ2v) is 7.15. The normalized spacial score (nSPS) is 11.7. The fourth-order valence-corrected chi connectivity index (χ4v) is 2.15. The molecule has 21 heavy (non-hydrogen) atoms. The van der Waals surface area contributed by atoms with Crippen molar-refractivity contribution in [3.05, 3.63) is 18.0 Å². The standard InChI is InChI=1S/C18H33N3/c1-6-8-10-16-14-19-17(20-15-16)21(12-9-7-2)13-11-18(3,4)5/h14-15H,6-13H2,1-5H3. The molecule has 0 unspecified atom stereocenters. The highest BCUT2D eigenvalue weighted by Crippen LogP contribution is 2.20. The van der Waals surface area contributed by atoms with E-state index < -0.39 is 0 Å². The van der Waals surface area contributed by atoms with Crippen LogP contribution in [0.25, 0.3) is 0 Å². The third kappa shape index (κ3) is 7.45. The summed E-state index contributed by atoms with van der Waals surface area (Å²) in [5, 5.41) is 0. The van der Waals surface area contributed by atoms with Crippen LogP contribution in [0, 0.1) is 5.41 Å². The number of nitrogens with zero attached hydrogens (tertiary/aromatic N) is 3. The number of unbranched alkanes of at least 4 members (excludes halogenated alkanes) is 2. The zero-order valence-corrected chi connectivity index (χ0v) is 14.7. The number of hydrogen-bond donors (Lipinski definition) is 0. The lowest BCUT2D eigenvalue weighted by molar-refractivity contribution is 0.377. The molecule has 0 fully saturated rings. The Morgan fingerprint density at radius 3 is 2.10 bits per heavy atom. The van der Waals surface area contributed by atoms with Gasteiger partial charge in [-0.15, -0.1) is 0 Å². The van der Waals surface area contributed by atoms with Crippen molar-refractivity contribution in [2.45, 2.75) is 73.1 Å². The third-order valence-electron chi connectivity index (χ3n) is 3.71. The SMILES string of the molecule is CCCCc1cnc(N(CCCC)CCC(C)(C)C)nc1. The minimum absolute atomic E-state index is 0.353. The molecule has 0 bridgehead atoms. The molecule has 120 valence electrons.